The monoisotopic (exact) mass is 295 g/mol. The van der Waals surface area contributed by atoms with Gasteiger partial charge in [-0.25, -0.2) is 0 Å². The van der Waals surface area contributed by atoms with Gasteiger partial charge in [-0.15, -0.1) is 11.3 Å². The Morgan fingerprint density at radius 2 is 2.20 bits per heavy atom. The van der Waals surface area contributed by atoms with Gasteiger partial charge < -0.3 is 4.74 Å². The molecule has 4 nitrogen and oxygen atoms in total. The number of carbonyl (C=O) groups is 2. The average Bonchev–Trinajstić information content (AvgIpc) is 2.86. The third kappa shape index (κ3) is 3.10. The van der Waals surface area contributed by atoms with Gasteiger partial charge in [0.25, 0.3) is 0 Å². The van der Waals surface area contributed by atoms with Crippen LogP contribution >= 0.6 is 11.3 Å². The van der Waals surface area contributed by atoms with E-state index in [-0.39, 0.29) is 5.78 Å². The van der Waals surface area contributed by atoms with Crippen molar-refractivity contribution in [2.75, 3.05) is 19.7 Å². The molecule has 0 bridgehead atoms. The van der Waals surface area contributed by atoms with Crippen molar-refractivity contribution in [1.82, 2.24) is 4.90 Å². The molecule has 1 aliphatic heterocycles. The summed E-state index contributed by atoms with van der Waals surface area (Å²) >= 11 is 1.78. The zero-order chi connectivity index (χ0) is 14.8. The van der Waals surface area contributed by atoms with E-state index in [1.54, 1.807) is 32.1 Å². The molecule has 0 spiro atoms. The maximum atomic E-state index is 12.4. The maximum Gasteiger partial charge on any atom is 0.319 e. The predicted molar refractivity (Wildman–Crippen MR) is 78.7 cm³/mol. The van der Waals surface area contributed by atoms with E-state index in [1.807, 2.05) is 0 Å². The molecule has 0 N–H and O–H groups in total. The first kappa shape index (κ1) is 15.2. The number of ketones is 1. The minimum Gasteiger partial charge on any atom is -0.465 e. The zero-order valence-corrected chi connectivity index (χ0v) is 13.1. The highest BCUT2D eigenvalue weighted by atomic mass is 32.1. The van der Waals surface area contributed by atoms with E-state index in [9.17, 15) is 9.59 Å². The number of hydrogen-bond acceptors (Lipinski definition) is 5. The largest absolute Gasteiger partial charge is 0.465 e. The molecule has 1 aromatic rings. The second-order valence-corrected chi connectivity index (χ2v) is 6.60. The molecule has 0 aromatic carbocycles. The van der Waals surface area contributed by atoms with E-state index >= 15 is 0 Å². The molecule has 5 heteroatoms. The van der Waals surface area contributed by atoms with Gasteiger partial charge >= 0.3 is 5.97 Å². The Bertz CT molecular complexity index is 507. The number of carbonyl (C=O) groups excluding carboxylic acids is 2. The lowest BCUT2D eigenvalue weighted by atomic mass is 9.87. The van der Waals surface area contributed by atoms with Gasteiger partial charge in [-0.2, -0.15) is 0 Å². The molecule has 1 aromatic heterocycles. The van der Waals surface area contributed by atoms with E-state index in [0.717, 1.165) is 19.5 Å². The summed E-state index contributed by atoms with van der Waals surface area (Å²) in [4.78, 5) is 27.7. The van der Waals surface area contributed by atoms with Gasteiger partial charge in [-0.3, -0.25) is 14.5 Å². The Labute approximate surface area is 123 Å². The Morgan fingerprint density at radius 1 is 1.45 bits per heavy atom. The van der Waals surface area contributed by atoms with Crippen LogP contribution in [0.3, 0.4) is 0 Å². The standard InChI is InChI=1S/C15H21NO3S/c1-4-19-14(18)15(2,3)13(17)10-16-7-5-12-11(9-16)6-8-20-12/h6,8H,4-5,7,9-10H2,1-3H3. The number of rotatable bonds is 5. The Kier molecular flexibility index (Phi) is 4.60. The number of esters is 1. The number of nitrogens with zero attached hydrogens (tertiary/aromatic N) is 1. The second-order valence-electron chi connectivity index (χ2n) is 5.60. The normalized spacial score (nSPS) is 15.8. The summed E-state index contributed by atoms with van der Waals surface area (Å²) in [5, 5.41) is 2.10. The van der Waals surface area contributed by atoms with Crippen LogP contribution in [-0.4, -0.2) is 36.3 Å². The van der Waals surface area contributed by atoms with Crippen LogP contribution in [0.2, 0.25) is 0 Å². The number of ether oxygens (including phenoxy) is 1. The fourth-order valence-corrected chi connectivity index (χ4v) is 3.16. The first-order valence-corrected chi connectivity index (χ1v) is 7.81. The molecule has 20 heavy (non-hydrogen) atoms. The van der Waals surface area contributed by atoms with Gasteiger partial charge in [0.1, 0.15) is 5.41 Å². The number of thiophene rings is 1. The third-order valence-electron chi connectivity index (χ3n) is 3.74. The lowest BCUT2D eigenvalue weighted by Crippen LogP contribution is -2.43. The minimum absolute atomic E-state index is 0.0744. The second kappa shape index (κ2) is 6.06. The third-order valence-corrected chi connectivity index (χ3v) is 4.76. The highest BCUT2D eigenvalue weighted by Gasteiger charge is 2.38. The topological polar surface area (TPSA) is 46.6 Å². The van der Waals surface area contributed by atoms with Crippen molar-refractivity contribution in [2.24, 2.45) is 5.41 Å². The van der Waals surface area contributed by atoms with Crippen molar-refractivity contribution in [1.29, 1.82) is 0 Å². The average molecular weight is 295 g/mol. The van der Waals surface area contributed by atoms with Crippen LogP contribution in [0.4, 0.5) is 0 Å². The maximum absolute atomic E-state index is 12.4. The molecule has 0 atom stereocenters. The molecule has 1 aliphatic rings. The van der Waals surface area contributed by atoms with Crippen molar-refractivity contribution >= 4 is 23.1 Å². The van der Waals surface area contributed by atoms with Crippen LogP contribution in [-0.2, 0) is 27.3 Å². The van der Waals surface area contributed by atoms with Crippen molar-refractivity contribution in [3.8, 4) is 0 Å². The zero-order valence-electron chi connectivity index (χ0n) is 12.3. The van der Waals surface area contributed by atoms with Crippen LogP contribution in [0.15, 0.2) is 11.4 Å². The van der Waals surface area contributed by atoms with Crippen LogP contribution in [0.1, 0.15) is 31.2 Å². The Morgan fingerprint density at radius 3 is 2.90 bits per heavy atom. The first-order valence-electron chi connectivity index (χ1n) is 6.93. The highest BCUT2D eigenvalue weighted by Crippen LogP contribution is 2.25. The summed E-state index contributed by atoms with van der Waals surface area (Å²) in [5.41, 5.74) is 0.244. The lowest BCUT2D eigenvalue weighted by molar-refractivity contribution is -0.158. The first-order chi connectivity index (χ1) is 9.45. The molecule has 0 unspecified atom stereocenters. The molecule has 2 heterocycles. The quantitative estimate of drug-likeness (QED) is 0.617. The highest BCUT2D eigenvalue weighted by molar-refractivity contribution is 7.10. The minimum atomic E-state index is -1.06. The number of hydrogen-bond donors (Lipinski definition) is 0. The molecular weight excluding hydrogens is 274 g/mol. The van der Waals surface area contributed by atoms with Gasteiger partial charge in [0, 0.05) is 18.0 Å². The van der Waals surface area contributed by atoms with Crippen LogP contribution in [0, 0.1) is 5.41 Å². The number of Topliss-reactive ketones (excluding diaryl/α,β-unsaturated/α-hetero) is 1. The summed E-state index contributed by atoms with van der Waals surface area (Å²) in [6, 6.07) is 2.12. The van der Waals surface area contributed by atoms with Crippen LogP contribution < -0.4 is 0 Å². The van der Waals surface area contributed by atoms with E-state index in [1.165, 1.54) is 10.4 Å². The van der Waals surface area contributed by atoms with Crippen LogP contribution in [0.25, 0.3) is 0 Å². The molecule has 110 valence electrons. The summed E-state index contributed by atoms with van der Waals surface area (Å²) in [6.07, 6.45) is 0.986. The molecule has 0 radical (unpaired) electrons. The Balaban J connectivity index is 1.97. The molecular formula is C15H21NO3S. The van der Waals surface area contributed by atoms with Crippen molar-refractivity contribution < 1.29 is 14.3 Å². The molecule has 0 saturated heterocycles. The molecule has 0 saturated carbocycles. The summed E-state index contributed by atoms with van der Waals surface area (Å²) in [6.45, 7) is 7.32. The molecule has 0 amide bonds. The van der Waals surface area contributed by atoms with Gasteiger partial charge in [0.05, 0.1) is 13.2 Å². The summed E-state index contributed by atoms with van der Waals surface area (Å²) < 4.78 is 4.98. The van der Waals surface area contributed by atoms with Crippen molar-refractivity contribution in [2.45, 2.75) is 33.7 Å². The van der Waals surface area contributed by atoms with E-state index in [2.05, 4.69) is 16.3 Å². The Hall–Kier alpha value is -1.20. The predicted octanol–water partition coefficient (Wildman–Crippen LogP) is 2.26. The van der Waals surface area contributed by atoms with Crippen LogP contribution in [0.5, 0.6) is 0 Å². The van der Waals surface area contributed by atoms with Crippen molar-refractivity contribution in [3.05, 3.63) is 21.9 Å². The SMILES string of the molecule is CCOC(=O)C(C)(C)C(=O)CN1CCc2sccc2C1. The van der Waals surface area contributed by atoms with E-state index in [0.29, 0.717) is 13.2 Å². The van der Waals surface area contributed by atoms with Gasteiger partial charge in [0.2, 0.25) is 0 Å². The van der Waals surface area contributed by atoms with Gasteiger partial charge in [-0.05, 0) is 44.2 Å². The summed E-state index contributed by atoms with van der Waals surface area (Å²) in [7, 11) is 0. The van der Waals surface area contributed by atoms with Gasteiger partial charge in [-0.1, -0.05) is 0 Å². The molecule has 2 rings (SSSR count). The lowest BCUT2D eigenvalue weighted by Gasteiger charge is -2.29. The molecule has 0 aliphatic carbocycles. The van der Waals surface area contributed by atoms with Gasteiger partial charge in [0.15, 0.2) is 5.78 Å². The molecule has 0 fully saturated rings. The fraction of sp³-hybridized carbons (Fsp3) is 0.600. The van der Waals surface area contributed by atoms with E-state index in [4.69, 9.17) is 4.74 Å². The smallest absolute Gasteiger partial charge is 0.319 e. The van der Waals surface area contributed by atoms with Crippen molar-refractivity contribution in [3.63, 3.8) is 0 Å². The van der Waals surface area contributed by atoms with E-state index < -0.39 is 11.4 Å². The number of fused-ring (bicyclic) bond motifs is 1. The fourth-order valence-electron chi connectivity index (χ4n) is 2.27. The summed E-state index contributed by atoms with van der Waals surface area (Å²) in [5.74, 6) is -0.507.